The molecule has 0 saturated heterocycles. The number of rotatable bonds is 9. The van der Waals surface area contributed by atoms with Gasteiger partial charge in [-0.25, -0.2) is 0 Å². The fourth-order valence-electron chi connectivity index (χ4n) is 1.69. The van der Waals surface area contributed by atoms with E-state index in [4.69, 9.17) is 4.74 Å². The van der Waals surface area contributed by atoms with E-state index in [1.54, 1.807) is 0 Å². The Labute approximate surface area is 126 Å². The van der Waals surface area contributed by atoms with Gasteiger partial charge >= 0.3 is 0 Å². The third-order valence-electron chi connectivity index (χ3n) is 2.80. The molecule has 118 valence electrons. The number of amides is 1. The van der Waals surface area contributed by atoms with Crippen molar-refractivity contribution in [2.24, 2.45) is 5.92 Å². The van der Waals surface area contributed by atoms with Crippen LogP contribution in [0.3, 0.4) is 0 Å². The average Bonchev–Trinajstić information content (AvgIpc) is 2.43. The summed E-state index contributed by atoms with van der Waals surface area (Å²) in [6, 6.07) is 7.67. The van der Waals surface area contributed by atoms with Crippen LogP contribution in [-0.2, 0) is 4.79 Å². The highest BCUT2D eigenvalue weighted by molar-refractivity contribution is 5.77. The Balaban J connectivity index is 2.14. The molecule has 1 unspecified atom stereocenters. The van der Waals surface area contributed by atoms with E-state index in [0.717, 1.165) is 11.3 Å². The van der Waals surface area contributed by atoms with Crippen molar-refractivity contribution in [2.75, 3.05) is 26.2 Å². The van der Waals surface area contributed by atoms with E-state index in [1.165, 1.54) is 0 Å². The van der Waals surface area contributed by atoms with E-state index >= 15 is 0 Å². The van der Waals surface area contributed by atoms with Crippen molar-refractivity contribution >= 4 is 5.91 Å². The molecule has 0 heterocycles. The summed E-state index contributed by atoms with van der Waals surface area (Å²) in [4.78, 5) is 11.5. The molecule has 0 radical (unpaired) electrons. The van der Waals surface area contributed by atoms with Crippen LogP contribution in [0, 0.1) is 12.8 Å². The Kier molecular flexibility index (Phi) is 7.79. The van der Waals surface area contributed by atoms with Gasteiger partial charge < -0.3 is 20.5 Å². The summed E-state index contributed by atoms with van der Waals surface area (Å²) in [6.07, 6.45) is -0.650. The minimum absolute atomic E-state index is 0.0597. The number of aryl methyl sites for hydroxylation is 1. The third-order valence-corrected chi connectivity index (χ3v) is 2.80. The summed E-state index contributed by atoms with van der Waals surface area (Å²) in [5.41, 5.74) is 1.11. The van der Waals surface area contributed by atoms with Crippen LogP contribution in [0.15, 0.2) is 24.3 Å². The smallest absolute Gasteiger partial charge is 0.233 e. The lowest BCUT2D eigenvalue weighted by atomic mass is 10.2. The molecule has 1 atom stereocenters. The Morgan fingerprint density at radius 2 is 2.10 bits per heavy atom. The average molecular weight is 294 g/mol. The number of ether oxygens (including phenoxy) is 1. The minimum atomic E-state index is -0.650. The van der Waals surface area contributed by atoms with Crippen molar-refractivity contribution in [3.05, 3.63) is 29.8 Å². The second-order valence-corrected chi connectivity index (χ2v) is 5.61. The highest BCUT2D eigenvalue weighted by Crippen LogP contribution is 2.12. The summed E-state index contributed by atoms with van der Waals surface area (Å²) in [5.74, 6) is 1.11. The van der Waals surface area contributed by atoms with Gasteiger partial charge in [-0.05, 0) is 30.5 Å². The van der Waals surface area contributed by atoms with E-state index in [-0.39, 0.29) is 19.1 Å². The van der Waals surface area contributed by atoms with Gasteiger partial charge in [-0.15, -0.1) is 0 Å². The maximum Gasteiger partial charge on any atom is 0.233 e. The Morgan fingerprint density at radius 3 is 2.76 bits per heavy atom. The van der Waals surface area contributed by atoms with Gasteiger partial charge in [0.25, 0.3) is 0 Å². The predicted molar refractivity (Wildman–Crippen MR) is 83.4 cm³/mol. The normalized spacial score (nSPS) is 12.2. The van der Waals surface area contributed by atoms with Gasteiger partial charge in [0.15, 0.2) is 0 Å². The number of carbonyl (C=O) groups excluding carboxylic acids is 1. The lowest BCUT2D eigenvalue weighted by Crippen LogP contribution is -2.39. The number of hydrogen-bond acceptors (Lipinski definition) is 4. The fourth-order valence-corrected chi connectivity index (χ4v) is 1.69. The first-order valence-electron chi connectivity index (χ1n) is 7.32. The molecule has 0 aromatic heterocycles. The lowest BCUT2D eigenvalue weighted by Gasteiger charge is -2.14. The maximum absolute atomic E-state index is 11.5. The van der Waals surface area contributed by atoms with Crippen molar-refractivity contribution in [1.82, 2.24) is 10.6 Å². The fraction of sp³-hybridized carbons (Fsp3) is 0.562. The Morgan fingerprint density at radius 1 is 1.33 bits per heavy atom. The second kappa shape index (κ2) is 9.37. The predicted octanol–water partition coefficient (Wildman–Crippen LogP) is 1.10. The number of carbonyl (C=O) groups is 1. The van der Waals surface area contributed by atoms with Crippen LogP contribution in [-0.4, -0.2) is 43.4 Å². The molecule has 0 aliphatic rings. The van der Waals surface area contributed by atoms with Crippen LogP contribution in [0.25, 0.3) is 0 Å². The summed E-state index contributed by atoms with van der Waals surface area (Å²) in [6.45, 7) is 7.46. The molecular formula is C16H26N2O3. The van der Waals surface area contributed by atoms with Gasteiger partial charge in [-0.3, -0.25) is 4.79 Å². The molecule has 5 heteroatoms. The number of nitrogens with one attached hydrogen (secondary N) is 2. The molecule has 3 N–H and O–H groups in total. The maximum atomic E-state index is 11.5. The quantitative estimate of drug-likeness (QED) is 0.638. The van der Waals surface area contributed by atoms with Crippen LogP contribution in [0.4, 0.5) is 0 Å². The minimum Gasteiger partial charge on any atom is -0.491 e. The number of hydrogen-bond donors (Lipinski definition) is 3. The molecule has 0 bridgehead atoms. The molecule has 5 nitrogen and oxygen atoms in total. The van der Waals surface area contributed by atoms with Crippen LogP contribution < -0.4 is 15.4 Å². The van der Waals surface area contributed by atoms with E-state index in [0.29, 0.717) is 19.0 Å². The number of aliphatic hydroxyl groups excluding tert-OH is 1. The van der Waals surface area contributed by atoms with Gasteiger partial charge in [0, 0.05) is 13.1 Å². The Bertz CT molecular complexity index is 435. The molecule has 1 rings (SSSR count). The molecule has 0 fully saturated rings. The van der Waals surface area contributed by atoms with Crippen LogP contribution in [0.5, 0.6) is 5.75 Å². The van der Waals surface area contributed by atoms with E-state index in [1.807, 2.05) is 45.0 Å². The van der Waals surface area contributed by atoms with Crippen LogP contribution in [0.1, 0.15) is 19.4 Å². The standard InChI is InChI=1S/C16H26N2O3/c1-12(2)8-18-16(20)10-17-9-14(19)11-21-15-6-4-5-13(3)7-15/h4-7,12,14,17,19H,8-11H2,1-3H3,(H,18,20). The van der Waals surface area contributed by atoms with Crippen molar-refractivity contribution in [3.63, 3.8) is 0 Å². The molecule has 0 aliphatic carbocycles. The third kappa shape index (κ3) is 8.32. The van der Waals surface area contributed by atoms with Crippen molar-refractivity contribution < 1.29 is 14.6 Å². The Hall–Kier alpha value is -1.59. The number of benzene rings is 1. The van der Waals surface area contributed by atoms with Crippen molar-refractivity contribution in [1.29, 1.82) is 0 Å². The van der Waals surface area contributed by atoms with Gasteiger partial charge in [0.05, 0.1) is 6.54 Å². The summed E-state index contributed by atoms with van der Waals surface area (Å²) in [5, 5.41) is 15.5. The summed E-state index contributed by atoms with van der Waals surface area (Å²) in [7, 11) is 0. The summed E-state index contributed by atoms with van der Waals surface area (Å²) >= 11 is 0. The summed E-state index contributed by atoms with van der Waals surface area (Å²) < 4.78 is 5.49. The lowest BCUT2D eigenvalue weighted by molar-refractivity contribution is -0.120. The highest BCUT2D eigenvalue weighted by Gasteiger charge is 2.07. The van der Waals surface area contributed by atoms with E-state index < -0.39 is 6.10 Å². The molecule has 0 aliphatic heterocycles. The van der Waals surface area contributed by atoms with Gasteiger partial charge in [-0.2, -0.15) is 0 Å². The van der Waals surface area contributed by atoms with Crippen molar-refractivity contribution in [3.8, 4) is 5.75 Å². The first-order valence-corrected chi connectivity index (χ1v) is 7.32. The van der Waals surface area contributed by atoms with E-state index in [9.17, 15) is 9.90 Å². The largest absolute Gasteiger partial charge is 0.491 e. The van der Waals surface area contributed by atoms with Gasteiger partial charge in [-0.1, -0.05) is 26.0 Å². The molecule has 1 amide bonds. The molecule has 0 saturated carbocycles. The van der Waals surface area contributed by atoms with Crippen LogP contribution >= 0.6 is 0 Å². The first-order chi connectivity index (χ1) is 9.97. The molecule has 21 heavy (non-hydrogen) atoms. The van der Waals surface area contributed by atoms with Gasteiger partial charge in [0.2, 0.25) is 5.91 Å². The van der Waals surface area contributed by atoms with Gasteiger partial charge in [0.1, 0.15) is 18.5 Å². The zero-order chi connectivity index (χ0) is 15.7. The molecule has 1 aromatic rings. The zero-order valence-corrected chi connectivity index (χ0v) is 13.1. The first kappa shape index (κ1) is 17.5. The van der Waals surface area contributed by atoms with Crippen LogP contribution in [0.2, 0.25) is 0 Å². The van der Waals surface area contributed by atoms with Crippen molar-refractivity contribution in [2.45, 2.75) is 26.9 Å². The molecule has 0 spiro atoms. The molecular weight excluding hydrogens is 268 g/mol. The topological polar surface area (TPSA) is 70.6 Å². The zero-order valence-electron chi connectivity index (χ0n) is 13.1. The monoisotopic (exact) mass is 294 g/mol. The highest BCUT2D eigenvalue weighted by atomic mass is 16.5. The number of aliphatic hydroxyl groups is 1. The van der Waals surface area contributed by atoms with E-state index in [2.05, 4.69) is 10.6 Å². The molecule has 1 aromatic carbocycles. The SMILES string of the molecule is Cc1cccc(OCC(O)CNCC(=O)NCC(C)C)c1. The second-order valence-electron chi connectivity index (χ2n) is 5.61.